The number of carbonyl (C=O) groups is 2. The monoisotopic (exact) mass is 295 g/mol. The van der Waals surface area contributed by atoms with Crippen LogP contribution in [-0.2, 0) is 9.59 Å². The number of carbonyl (C=O) groups excluding carboxylic acids is 1. The maximum absolute atomic E-state index is 13.0. The molecule has 1 fully saturated rings. The molecule has 2 unspecified atom stereocenters. The summed E-state index contributed by atoms with van der Waals surface area (Å²) in [5.41, 5.74) is -0.936. The molecule has 1 aromatic carbocycles. The molecule has 0 heterocycles. The third-order valence-corrected chi connectivity index (χ3v) is 3.95. The number of ether oxygens (including phenoxy) is 1. The van der Waals surface area contributed by atoms with Crippen LogP contribution in [0.1, 0.15) is 26.2 Å². The Bertz CT molecular complexity index is 548. The molecule has 0 radical (unpaired) electrons. The summed E-state index contributed by atoms with van der Waals surface area (Å²) in [5, 5.41) is 12.0. The van der Waals surface area contributed by atoms with Gasteiger partial charge >= 0.3 is 5.97 Å². The van der Waals surface area contributed by atoms with Gasteiger partial charge in [0, 0.05) is 12.1 Å². The van der Waals surface area contributed by atoms with Gasteiger partial charge in [0.25, 0.3) is 5.91 Å². The van der Waals surface area contributed by atoms with Gasteiger partial charge in [-0.1, -0.05) is 12.5 Å². The molecule has 1 saturated carbocycles. The summed E-state index contributed by atoms with van der Waals surface area (Å²) in [5.74, 6) is -1.49. The van der Waals surface area contributed by atoms with Crippen LogP contribution in [0, 0.1) is 11.2 Å². The quantitative estimate of drug-likeness (QED) is 0.870. The van der Waals surface area contributed by atoms with Gasteiger partial charge < -0.3 is 15.2 Å². The van der Waals surface area contributed by atoms with Gasteiger partial charge in [0.05, 0.1) is 5.41 Å². The first-order valence-electron chi connectivity index (χ1n) is 6.83. The van der Waals surface area contributed by atoms with Crippen LogP contribution in [-0.4, -0.2) is 29.6 Å². The van der Waals surface area contributed by atoms with Crippen molar-refractivity contribution < 1.29 is 23.8 Å². The maximum Gasteiger partial charge on any atom is 0.311 e. The summed E-state index contributed by atoms with van der Waals surface area (Å²) < 4.78 is 18.2. The summed E-state index contributed by atoms with van der Waals surface area (Å²) in [6.45, 7) is 1.37. The Morgan fingerprint density at radius 2 is 2.29 bits per heavy atom. The van der Waals surface area contributed by atoms with Gasteiger partial charge in [0.15, 0.2) is 6.61 Å². The highest BCUT2D eigenvalue weighted by Gasteiger charge is 2.45. The van der Waals surface area contributed by atoms with Crippen molar-refractivity contribution in [3.8, 4) is 5.75 Å². The number of nitrogens with one attached hydrogen (secondary N) is 1. The fourth-order valence-electron chi connectivity index (χ4n) is 2.60. The van der Waals surface area contributed by atoms with Crippen LogP contribution in [0.5, 0.6) is 5.75 Å². The zero-order valence-corrected chi connectivity index (χ0v) is 11.8. The fraction of sp³-hybridized carbons (Fsp3) is 0.467. The molecule has 6 heteroatoms. The molecule has 2 rings (SSSR count). The van der Waals surface area contributed by atoms with Crippen molar-refractivity contribution in [2.45, 2.75) is 32.2 Å². The molecule has 0 bridgehead atoms. The Hall–Kier alpha value is -2.11. The highest BCUT2D eigenvalue weighted by atomic mass is 19.1. The van der Waals surface area contributed by atoms with E-state index in [2.05, 4.69) is 5.32 Å². The smallest absolute Gasteiger partial charge is 0.311 e. The van der Waals surface area contributed by atoms with Crippen LogP contribution >= 0.6 is 0 Å². The molecule has 5 nitrogen and oxygen atoms in total. The summed E-state index contributed by atoms with van der Waals surface area (Å²) in [7, 11) is 0. The predicted molar refractivity (Wildman–Crippen MR) is 73.4 cm³/mol. The van der Waals surface area contributed by atoms with Crippen molar-refractivity contribution in [3.05, 3.63) is 30.1 Å². The lowest BCUT2D eigenvalue weighted by Gasteiger charge is -2.27. The Balaban J connectivity index is 1.89. The van der Waals surface area contributed by atoms with E-state index in [1.165, 1.54) is 18.2 Å². The lowest BCUT2D eigenvalue weighted by molar-refractivity contribution is -0.149. The van der Waals surface area contributed by atoms with Crippen LogP contribution in [0.2, 0.25) is 0 Å². The zero-order chi connectivity index (χ0) is 15.5. The highest BCUT2D eigenvalue weighted by Crippen LogP contribution is 2.38. The van der Waals surface area contributed by atoms with Gasteiger partial charge in [-0.05, 0) is 31.9 Å². The molecule has 1 amide bonds. The zero-order valence-electron chi connectivity index (χ0n) is 11.8. The molecule has 2 atom stereocenters. The highest BCUT2D eigenvalue weighted by molar-refractivity contribution is 5.81. The molecule has 21 heavy (non-hydrogen) atoms. The third-order valence-electron chi connectivity index (χ3n) is 3.95. The maximum atomic E-state index is 13.0. The van der Waals surface area contributed by atoms with E-state index in [1.807, 2.05) is 0 Å². The number of hydrogen-bond donors (Lipinski definition) is 2. The molecule has 0 spiro atoms. The molecule has 1 aliphatic carbocycles. The van der Waals surface area contributed by atoms with E-state index in [4.69, 9.17) is 4.74 Å². The molecule has 0 aromatic heterocycles. The molecular weight excluding hydrogens is 277 g/mol. The first kappa shape index (κ1) is 15.3. The van der Waals surface area contributed by atoms with Crippen LogP contribution in [0.4, 0.5) is 4.39 Å². The van der Waals surface area contributed by atoms with Crippen molar-refractivity contribution in [1.29, 1.82) is 0 Å². The van der Waals surface area contributed by atoms with Crippen LogP contribution in [0.3, 0.4) is 0 Å². The van der Waals surface area contributed by atoms with Crippen LogP contribution < -0.4 is 10.1 Å². The summed E-state index contributed by atoms with van der Waals surface area (Å²) in [6, 6.07) is 5.10. The second kappa shape index (κ2) is 6.11. The number of amides is 1. The van der Waals surface area contributed by atoms with Crippen molar-refractivity contribution >= 4 is 11.9 Å². The minimum Gasteiger partial charge on any atom is -0.484 e. The van der Waals surface area contributed by atoms with E-state index in [1.54, 1.807) is 13.0 Å². The number of aliphatic carboxylic acids is 1. The lowest BCUT2D eigenvalue weighted by atomic mass is 9.85. The summed E-state index contributed by atoms with van der Waals surface area (Å²) >= 11 is 0. The molecule has 114 valence electrons. The molecule has 1 aliphatic rings. The van der Waals surface area contributed by atoms with Gasteiger partial charge in [-0.3, -0.25) is 9.59 Å². The Morgan fingerprint density at radius 1 is 1.52 bits per heavy atom. The molecule has 1 aromatic rings. The Morgan fingerprint density at radius 3 is 2.95 bits per heavy atom. The van der Waals surface area contributed by atoms with Crippen molar-refractivity contribution in [2.75, 3.05) is 6.61 Å². The standard InChI is InChI=1S/C15H18FNO4/c1-15(14(19)20)7-3-6-12(15)17-13(18)9-21-11-5-2-4-10(16)8-11/h2,4-5,8,12H,3,6-7,9H2,1H3,(H,17,18)(H,19,20). The van der Waals surface area contributed by atoms with Crippen LogP contribution in [0.15, 0.2) is 24.3 Å². The fourth-order valence-corrected chi connectivity index (χ4v) is 2.60. The number of carboxylic acid groups (broad SMARTS) is 1. The van der Waals surface area contributed by atoms with Crippen molar-refractivity contribution in [2.24, 2.45) is 5.41 Å². The van der Waals surface area contributed by atoms with E-state index in [-0.39, 0.29) is 12.4 Å². The van der Waals surface area contributed by atoms with E-state index in [0.717, 1.165) is 6.42 Å². The number of rotatable bonds is 5. The van der Waals surface area contributed by atoms with E-state index < -0.39 is 29.2 Å². The van der Waals surface area contributed by atoms with Crippen LogP contribution in [0.25, 0.3) is 0 Å². The van der Waals surface area contributed by atoms with E-state index >= 15 is 0 Å². The second-order valence-electron chi connectivity index (χ2n) is 5.48. The average molecular weight is 295 g/mol. The minimum atomic E-state index is -0.936. The Kier molecular flexibility index (Phi) is 4.45. The van der Waals surface area contributed by atoms with Gasteiger partial charge in [0.1, 0.15) is 11.6 Å². The normalized spacial score (nSPS) is 24.6. The van der Waals surface area contributed by atoms with Crippen molar-refractivity contribution in [1.82, 2.24) is 5.32 Å². The summed E-state index contributed by atoms with van der Waals surface area (Å²) in [6.07, 6.45) is 1.94. The topological polar surface area (TPSA) is 75.6 Å². The van der Waals surface area contributed by atoms with Gasteiger partial charge in [0.2, 0.25) is 0 Å². The van der Waals surface area contributed by atoms with Gasteiger partial charge in [-0.15, -0.1) is 0 Å². The van der Waals surface area contributed by atoms with Gasteiger partial charge in [-0.25, -0.2) is 4.39 Å². The number of hydrogen-bond acceptors (Lipinski definition) is 3. The molecular formula is C15H18FNO4. The third kappa shape index (κ3) is 3.51. The van der Waals surface area contributed by atoms with Gasteiger partial charge in [-0.2, -0.15) is 0 Å². The first-order chi connectivity index (χ1) is 9.91. The number of benzene rings is 1. The molecule has 0 aliphatic heterocycles. The van der Waals surface area contributed by atoms with E-state index in [9.17, 15) is 19.1 Å². The molecule has 2 N–H and O–H groups in total. The Labute approximate surface area is 122 Å². The minimum absolute atomic E-state index is 0.262. The average Bonchev–Trinajstić information content (AvgIpc) is 2.79. The SMILES string of the molecule is CC1(C(=O)O)CCCC1NC(=O)COc1cccc(F)c1. The van der Waals surface area contributed by atoms with Crippen molar-refractivity contribution in [3.63, 3.8) is 0 Å². The molecule has 0 saturated heterocycles. The number of carboxylic acids is 1. The first-order valence-corrected chi connectivity index (χ1v) is 6.83. The predicted octanol–water partition coefficient (Wildman–Crippen LogP) is 1.96. The summed E-state index contributed by atoms with van der Waals surface area (Å²) in [4.78, 5) is 23.2. The second-order valence-corrected chi connectivity index (χ2v) is 5.48. The largest absolute Gasteiger partial charge is 0.484 e. The van der Waals surface area contributed by atoms with E-state index in [0.29, 0.717) is 12.8 Å². The lowest BCUT2D eigenvalue weighted by Crippen LogP contribution is -2.48. The number of halogens is 1.